The maximum atomic E-state index is 12.7. The maximum Gasteiger partial charge on any atom is 0.267 e. The highest BCUT2D eigenvalue weighted by molar-refractivity contribution is 6.05. The van der Waals surface area contributed by atoms with Crippen molar-refractivity contribution in [1.29, 1.82) is 0 Å². The third kappa shape index (κ3) is 5.31. The molecule has 1 aliphatic heterocycles. The lowest BCUT2D eigenvalue weighted by molar-refractivity contribution is -0.117. The number of benzene rings is 1. The second-order valence-electron chi connectivity index (χ2n) is 6.73. The molecule has 6 heteroatoms. The molecule has 0 unspecified atom stereocenters. The Labute approximate surface area is 159 Å². The van der Waals surface area contributed by atoms with Gasteiger partial charge in [-0.15, -0.1) is 0 Å². The number of nitrogens with one attached hydrogen (secondary N) is 2. The van der Waals surface area contributed by atoms with E-state index in [4.69, 9.17) is 0 Å². The number of carbonyl (C=O) groups is 2. The van der Waals surface area contributed by atoms with Crippen LogP contribution in [0.5, 0.6) is 0 Å². The Hall–Kier alpha value is -2.86. The van der Waals surface area contributed by atoms with Crippen LogP contribution in [-0.2, 0) is 11.8 Å². The standard InChI is InChI=1S/C21H26N4O2/c1-24-12-7-10-18(24)16-19(23-20(26)17-8-3-2-4-9-17)21(27)22-11-15-25-13-5-6-14-25/h2-4,7-10,12,16H,5-6,11,13-15H2,1H3,(H,22,27)(H,23,26)/b19-16+. The first-order chi connectivity index (χ1) is 13.1. The van der Waals surface area contributed by atoms with E-state index in [0.29, 0.717) is 12.1 Å². The normalized spacial score (nSPS) is 14.9. The average Bonchev–Trinajstić information content (AvgIpc) is 3.34. The molecular formula is C21H26N4O2. The number of carbonyl (C=O) groups excluding carboxylic acids is 2. The molecule has 2 aromatic rings. The van der Waals surface area contributed by atoms with Gasteiger partial charge < -0.3 is 20.1 Å². The molecule has 1 aromatic carbocycles. The third-order valence-electron chi connectivity index (χ3n) is 4.72. The van der Waals surface area contributed by atoms with Gasteiger partial charge >= 0.3 is 0 Å². The molecule has 1 saturated heterocycles. The molecule has 1 aliphatic rings. The van der Waals surface area contributed by atoms with Crippen molar-refractivity contribution in [2.24, 2.45) is 7.05 Å². The number of likely N-dealkylation sites (tertiary alicyclic amines) is 1. The summed E-state index contributed by atoms with van der Waals surface area (Å²) < 4.78 is 1.90. The SMILES string of the molecule is Cn1cccc1/C=C(/NC(=O)c1ccccc1)C(=O)NCCN1CCCC1. The van der Waals surface area contributed by atoms with Gasteiger partial charge in [0.05, 0.1) is 0 Å². The monoisotopic (exact) mass is 366 g/mol. The Morgan fingerprint density at radius 3 is 2.48 bits per heavy atom. The van der Waals surface area contributed by atoms with Crippen molar-refractivity contribution in [2.45, 2.75) is 12.8 Å². The minimum absolute atomic E-state index is 0.243. The summed E-state index contributed by atoms with van der Waals surface area (Å²) in [5, 5.41) is 5.69. The van der Waals surface area contributed by atoms with E-state index in [1.807, 2.05) is 36.0 Å². The molecule has 0 radical (unpaired) electrons. The van der Waals surface area contributed by atoms with Gasteiger partial charge in [0.2, 0.25) is 0 Å². The van der Waals surface area contributed by atoms with Crippen LogP contribution in [0, 0.1) is 0 Å². The molecule has 142 valence electrons. The van der Waals surface area contributed by atoms with Gasteiger partial charge in [-0.25, -0.2) is 0 Å². The Morgan fingerprint density at radius 1 is 1.07 bits per heavy atom. The second-order valence-corrected chi connectivity index (χ2v) is 6.73. The summed E-state index contributed by atoms with van der Waals surface area (Å²) >= 11 is 0. The zero-order valence-corrected chi connectivity index (χ0v) is 15.6. The molecule has 2 amide bonds. The number of hydrogen-bond acceptors (Lipinski definition) is 3. The number of aryl methyl sites for hydroxylation is 1. The number of aromatic nitrogens is 1. The van der Waals surface area contributed by atoms with Crippen molar-refractivity contribution < 1.29 is 9.59 Å². The largest absolute Gasteiger partial charge is 0.351 e. The quantitative estimate of drug-likeness (QED) is 0.737. The lowest BCUT2D eigenvalue weighted by Crippen LogP contribution is -2.38. The predicted octanol–water partition coefficient (Wildman–Crippen LogP) is 2.01. The van der Waals surface area contributed by atoms with Crippen LogP contribution in [0.3, 0.4) is 0 Å². The summed E-state index contributed by atoms with van der Waals surface area (Å²) in [6.07, 6.45) is 6.04. The summed E-state index contributed by atoms with van der Waals surface area (Å²) in [6.45, 7) is 3.57. The highest BCUT2D eigenvalue weighted by Gasteiger charge is 2.16. The van der Waals surface area contributed by atoms with Gasteiger partial charge in [0.25, 0.3) is 11.8 Å². The molecule has 0 saturated carbocycles. The lowest BCUT2D eigenvalue weighted by Gasteiger charge is -2.16. The van der Waals surface area contributed by atoms with Gasteiger partial charge in [-0.2, -0.15) is 0 Å². The van der Waals surface area contributed by atoms with Crippen LogP contribution in [-0.4, -0.2) is 47.5 Å². The van der Waals surface area contributed by atoms with E-state index in [-0.39, 0.29) is 17.5 Å². The molecule has 1 fully saturated rings. The van der Waals surface area contributed by atoms with Gasteiger partial charge in [0.1, 0.15) is 5.70 Å². The second kappa shape index (κ2) is 9.19. The van der Waals surface area contributed by atoms with Gasteiger partial charge in [0.15, 0.2) is 0 Å². The van der Waals surface area contributed by atoms with E-state index in [9.17, 15) is 9.59 Å². The van der Waals surface area contributed by atoms with Crippen molar-refractivity contribution in [3.8, 4) is 0 Å². The summed E-state index contributed by atoms with van der Waals surface area (Å²) in [5.41, 5.74) is 1.60. The van der Waals surface area contributed by atoms with Crippen LogP contribution in [0.25, 0.3) is 6.08 Å². The summed E-state index contributed by atoms with van der Waals surface area (Å²) in [4.78, 5) is 27.5. The van der Waals surface area contributed by atoms with Crippen molar-refractivity contribution in [2.75, 3.05) is 26.2 Å². The zero-order chi connectivity index (χ0) is 19.1. The highest BCUT2D eigenvalue weighted by atomic mass is 16.2. The van der Waals surface area contributed by atoms with Crippen molar-refractivity contribution in [1.82, 2.24) is 20.1 Å². The zero-order valence-electron chi connectivity index (χ0n) is 15.6. The van der Waals surface area contributed by atoms with E-state index >= 15 is 0 Å². The first-order valence-electron chi connectivity index (χ1n) is 9.33. The first kappa shape index (κ1) is 18.9. The molecule has 0 spiro atoms. The smallest absolute Gasteiger partial charge is 0.267 e. The Morgan fingerprint density at radius 2 is 1.81 bits per heavy atom. The molecule has 27 heavy (non-hydrogen) atoms. The molecule has 3 rings (SSSR count). The van der Waals surface area contributed by atoms with Gasteiger partial charge in [-0.05, 0) is 56.3 Å². The lowest BCUT2D eigenvalue weighted by atomic mass is 10.2. The first-order valence-corrected chi connectivity index (χ1v) is 9.33. The summed E-state index contributed by atoms with van der Waals surface area (Å²) in [6, 6.07) is 12.7. The van der Waals surface area contributed by atoms with Crippen molar-refractivity contribution in [3.63, 3.8) is 0 Å². The molecule has 2 heterocycles. The van der Waals surface area contributed by atoms with Crippen LogP contribution in [0.15, 0.2) is 54.4 Å². The van der Waals surface area contributed by atoms with Crippen LogP contribution < -0.4 is 10.6 Å². The molecule has 2 N–H and O–H groups in total. The van der Waals surface area contributed by atoms with Gasteiger partial charge in [-0.1, -0.05) is 18.2 Å². The van der Waals surface area contributed by atoms with E-state index in [2.05, 4.69) is 15.5 Å². The van der Waals surface area contributed by atoms with E-state index < -0.39 is 0 Å². The number of nitrogens with zero attached hydrogens (tertiary/aromatic N) is 2. The summed E-state index contributed by atoms with van der Waals surface area (Å²) in [5.74, 6) is -0.578. The van der Waals surface area contributed by atoms with Crippen LogP contribution in [0.1, 0.15) is 28.9 Å². The molecule has 1 aromatic heterocycles. The topological polar surface area (TPSA) is 66.4 Å². The van der Waals surface area contributed by atoms with Gasteiger partial charge in [0, 0.05) is 37.6 Å². The van der Waals surface area contributed by atoms with Gasteiger partial charge in [-0.3, -0.25) is 9.59 Å². The van der Waals surface area contributed by atoms with E-state index in [1.54, 1.807) is 30.3 Å². The Balaban J connectivity index is 1.69. The fourth-order valence-corrected chi connectivity index (χ4v) is 3.14. The molecule has 0 aliphatic carbocycles. The minimum atomic E-state index is -0.300. The highest BCUT2D eigenvalue weighted by Crippen LogP contribution is 2.08. The maximum absolute atomic E-state index is 12.7. The Kier molecular flexibility index (Phi) is 6.44. The average molecular weight is 366 g/mol. The fourth-order valence-electron chi connectivity index (χ4n) is 3.14. The number of amides is 2. The number of hydrogen-bond donors (Lipinski definition) is 2. The molecule has 6 nitrogen and oxygen atoms in total. The number of rotatable bonds is 7. The Bertz CT molecular complexity index is 805. The van der Waals surface area contributed by atoms with Crippen molar-refractivity contribution in [3.05, 3.63) is 65.6 Å². The fraction of sp³-hybridized carbons (Fsp3) is 0.333. The molecule has 0 atom stereocenters. The van der Waals surface area contributed by atoms with E-state index in [1.165, 1.54) is 12.8 Å². The third-order valence-corrected chi connectivity index (χ3v) is 4.72. The molecule has 0 bridgehead atoms. The van der Waals surface area contributed by atoms with Crippen molar-refractivity contribution >= 4 is 17.9 Å². The molecular weight excluding hydrogens is 340 g/mol. The van der Waals surface area contributed by atoms with Crippen LogP contribution >= 0.6 is 0 Å². The summed E-state index contributed by atoms with van der Waals surface area (Å²) in [7, 11) is 1.90. The van der Waals surface area contributed by atoms with Crippen LogP contribution in [0.2, 0.25) is 0 Å². The minimum Gasteiger partial charge on any atom is -0.351 e. The van der Waals surface area contributed by atoms with E-state index in [0.717, 1.165) is 25.3 Å². The predicted molar refractivity (Wildman–Crippen MR) is 106 cm³/mol. The van der Waals surface area contributed by atoms with Crippen LogP contribution in [0.4, 0.5) is 0 Å².